The summed E-state index contributed by atoms with van der Waals surface area (Å²) in [5.41, 5.74) is 0.430. The summed E-state index contributed by atoms with van der Waals surface area (Å²) in [6.45, 7) is 2.82. The Hall–Kier alpha value is -1.76. The second-order valence-corrected chi connectivity index (χ2v) is 6.61. The Morgan fingerprint density at radius 1 is 1.38 bits per heavy atom. The molecule has 1 aromatic carbocycles. The molecule has 2 fully saturated rings. The van der Waals surface area contributed by atoms with E-state index in [1.807, 2.05) is 0 Å². The fourth-order valence-corrected chi connectivity index (χ4v) is 3.43. The molecule has 4 atom stereocenters. The molecule has 1 N–H and O–H groups in total. The summed E-state index contributed by atoms with van der Waals surface area (Å²) in [5.74, 6) is -0.720. The molecule has 2 aliphatic rings. The van der Waals surface area contributed by atoms with Gasteiger partial charge in [-0.25, -0.2) is 0 Å². The van der Waals surface area contributed by atoms with E-state index >= 15 is 0 Å². The van der Waals surface area contributed by atoms with Gasteiger partial charge in [0.05, 0.1) is 6.10 Å². The van der Waals surface area contributed by atoms with Crippen LogP contribution in [0.1, 0.15) is 31.2 Å². The molecule has 1 aliphatic heterocycles. The van der Waals surface area contributed by atoms with Gasteiger partial charge in [-0.1, -0.05) is 18.2 Å². The summed E-state index contributed by atoms with van der Waals surface area (Å²) >= 11 is 0. The van der Waals surface area contributed by atoms with Gasteiger partial charge >= 0.3 is 6.36 Å². The molecule has 1 aromatic rings. The van der Waals surface area contributed by atoms with Crippen LogP contribution in [0, 0.1) is 11.8 Å². The van der Waals surface area contributed by atoms with Gasteiger partial charge in [0.2, 0.25) is 5.91 Å². The highest BCUT2D eigenvalue weighted by Gasteiger charge is 2.48. The lowest BCUT2D eigenvalue weighted by Gasteiger charge is -2.18. The van der Waals surface area contributed by atoms with Crippen molar-refractivity contribution in [2.75, 3.05) is 13.1 Å². The van der Waals surface area contributed by atoms with Crippen LogP contribution in [0.3, 0.4) is 0 Å². The third-order valence-corrected chi connectivity index (χ3v) is 4.87. The van der Waals surface area contributed by atoms with E-state index in [9.17, 15) is 23.1 Å². The van der Waals surface area contributed by atoms with Crippen molar-refractivity contribution in [1.82, 2.24) is 4.90 Å². The predicted octanol–water partition coefficient (Wildman–Crippen LogP) is 2.92. The van der Waals surface area contributed by atoms with Crippen molar-refractivity contribution in [2.45, 2.75) is 38.1 Å². The second-order valence-electron chi connectivity index (χ2n) is 6.61. The highest BCUT2D eigenvalue weighted by molar-refractivity contribution is 5.83. The lowest BCUT2D eigenvalue weighted by molar-refractivity contribution is -0.274. The number of likely N-dealkylation sites (tertiary alicyclic amines) is 1. The van der Waals surface area contributed by atoms with Crippen LogP contribution < -0.4 is 4.74 Å². The number of carbonyl (C=O) groups excluding carboxylic acids is 1. The van der Waals surface area contributed by atoms with E-state index in [1.54, 1.807) is 24.0 Å². The SMILES string of the molecule is CC(O)C1CCN(C(=O)C2CC2c2ccccc2OC(F)(F)F)C1. The minimum atomic E-state index is -4.75. The van der Waals surface area contributed by atoms with E-state index in [0.29, 0.717) is 25.1 Å². The smallest absolute Gasteiger partial charge is 0.405 e. The molecule has 0 spiro atoms. The molecule has 1 saturated heterocycles. The Morgan fingerprint density at radius 3 is 2.71 bits per heavy atom. The monoisotopic (exact) mass is 343 g/mol. The number of halogens is 3. The van der Waals surface area contributed by atoms with Gasteiger partial charge in [-0.3, -0.25) is 4.79 Å². The Bertz CT molecular complexity index is 617. The third kappa shape index (κ3) is 3.66. The van der Waals surface area contributed by atoms with Gasteiger partial charge in [0.15, 0.2) is 0 Å². The molecule has 1 heterocycles. The first-order valence-corrected chi connectivity index (χ1v) is 8.08. The largest absolute Gasteiger partial charge is 0.573 e. The summed E-state index contributed by atoms with van der Waals surface area (Å²) in [6, 6.07) is 6.00. The highest BCUT2D eigenvalue weighted by atomic mass is 19.4. The standard InChI is InChI=1S/C17H20F3NO3/c1-10(22)11-6-7-21(9-11)16(23)14-8-13(14)12-4-2-3-5-15(12)24-17(18,19)20/h2-5,10-11,13-14,22H,6-9H2,1H3. The fourth-order valence-electron chi connectivity index (χ4n) is 3.43. The van der Waals surface area contributed by atoms with Gasteiger partial charge in [-0.15, -0.1) is 13.2 Å². The zero-order chi connectivity index (χ0) is 17.5. The van der Waals surface area contributed by atoms with Crippen LogP contribution >= 0.6 is 0 Å². The second kappa shape index (κ2) is 6.27. The van der Waals surface area contributed by atoms with Crippen molar-refractivity contribution in [3.8, 4) is 5.75 Å². The molecule has 1 amide bonds. The molecular formula is C17H20F3NO3. The maximum absolute atomic E-state index is 12.5. The molecule has 1 saturated carbocycles. The maximum Gasteiger partial charge on any atom is 0.573 e. The van der Waals surface area contributed by atoms with Crippen molar-refractivity contribution < 1.29 is 27.8 Å². The van der Waals surface area contributed by atoms with Crippen molar-refractivity contribution in [3.05, 3.63) is 29.8 Å². The Kier molecular flexibility index (Phi) is 4.46. The molecule has 7 heteroatoms. The van der Waals surface area contributed by atoms with E-state index in [0.717, 1.165) is 6.42 Å². The molecule has 1 aliphatic carbocycles. The first-order chi connectivity index (χ1) is 11.3. The number of aliphatic hydroxyl groups is 1. The Balaban J connectivity index is 1.66. The molecule has 3 rings (SSSR count). The van der Waals surface area contributed by atoms with E-state index in [4.69, 9.17) is 0 Å². The lowest BCUT2D eigenvalue weighted by Crippen LogP contribution is -2.31. The molecule has 132 valence electrons. The van der Waals surface area contributed by atoms with Crippen LogP contribution in [0.4, 0.5) is 13.2 Å². The number of para-hydroxylation sites is 1. The van der Waals surface area contributed by atoms with Crippen LogP contribution in [-0.4, -0.2) is 41.5 Å². The number of aliphatic hydroxyl groups excluding tert-OH is 1. The molecular weight excluding hydrogens is 323 g/mol. The van der Waals surface area contributed by atoms with Crippen molar-refractivity contribution in [2.24, 2.45) is 11.8 Å². The zero-order valence-corrected chi connectivity index (χ0v) is 13.3. The molecule has 4 unspecified atom stereocenters. The maximum atomic E-state index is 12.5. The van der Waals surface area contributed by atoms with Gasteiger partial charge in [-0.05, 0) is 37.3 Å². The number of carbonyl (C=O) groups is 1. The fraction of sp³-hybridized carbons (Fsp3) is 0.588. The predicted molar refractivity (Wildman–Crippen MR) is 80.3 cm³/mol. The van der Waals surface area contributed by atoms with Gasteiger partial charge in [0.25, 0.3) is 0 Å². The summed E-state index contributed by atoms with van der Waals surface area (Å²) in [6.07, 6.45) is -3.91. The minimum Gasteiger partial charge on any atom is -0.405 e. The number of alkyl halides is 3. The quantitative estimate of drug-likeness (QED) is 0.915. The number of hydrogen-bond donors (Lipinski definition) is 1. The Labute approximate surface area is 138 Å². The van der Waals surface area contributed by atoms with E-state index in [1.165, 1.54) is 12.1 Å². The number of ether oxygens (including phenoxy) is 1. The summed E-state index contributed by atoms with van der Waals surface area (Å²) in [5, 5.41) is 9.62. The van der Waals surface area contributed by atoms with Crippen LogP contribution in [0.5, 0.6) is 5.75 Å². The first-order valence-electron chi connectivity index (χ1n) is 8.08. The molecule has 0 bridgehead atoms. The third-order valence-electron chi connectivity index (χ3n) is 4.87. The number of hydrogen-bond acceptors (Lipinski definition) is 3. The van der Waals surface area contributed by atoms with Crippen LogP contribution in [0.15, 0.2) is 24.3 Å². The van der Waals surface area contributed by atoms with Crippen LogP contribution in [-0.2, 0) is 4.79 Å². The average molecular weight is 343 g/mol. The number of nitrogens with zero attached hydrogens (tertiary/aromatic N) is 1. The highest BCUT2D eigenvalue weighted by Crippen LogP contribution is 2.52. The summed E-state index contributed by atoms with van der Waals surface area (Å²) in [7, 11) is 0. The molecule has 0 radical (unpaired) electrons. The minimum absolute atomic E-state index is 0.0371. The average Bonchev–Trinajstić information content (AvgIpc) is 3.12. The molecule has 24 heavy (non-hydrogen) atoms. The number of rotatable bonds is 4. The summed E-state index contributed by atoms with van der Waals surface area (Å²) < 4.78 is 41.6. The number of benzene rings is 1. The lowest BCUT2D eigenvalue weighted by atomic mass is 10.0. The van der Waals surface area contributed by atoms with E-state index < -0.39 is 12.5 Å². The van der Waals surface area contributed by atoms with Gasteiger partial charge < -0.3 is 14.7 Å². The van der Waals surface area contributed by atoms with E-state index in [-0.39, 0.29) is 29.4 Å². The molecule has 4 nitrogen and oxygen atoms in total. The van der Waals surface area contributed by atoms with Crippen molar-refractivity contribution >= 4 is 5.91 Å². The zero-order valence-electron chi connectivity index (χ0n) is 13.3. The van der Waals surface area contributed by atoms with Crippen molar-refractivity contribution in [1.29, 1.82) is 0 Å². The normalized spacial score (nSPS) is 27.9. The van der Waals surface area contributed by atoms with Crippen LogP contribution in [0.2, 0.25) is 0 Å². The Morgan fingerprint density at radius 2 is 2.08 bits per heavy atom. The molecule has 0 aromatic heterocycles. The van der Waals surface area contributed by atoms with Gasteiger partial charge in [0.1, 0.15) is 5.75 Å². The van der Waals surface area contributed by atoms with E-state index in [2.05, 4.69) is 4.74 Å². The first kappa shape index (κ1) is 17.1. The van der Waals surface area contributed by atoms with Crippen molar-refractivity contribution in [3.63, 3.8) is 0 Å². The topological polar surface area (TPSA) is 49.8 Å². The summed E-state index contributed by atoms with van der Waals surface area (Å²) in [4.78, 5) is 14.3. The van der Waals surface area contributed by atoms with Gasteiger partial charge in [-0.2, -0.15) is 0 Å². The van der Waals surface area contributed by atoms with Crippen LogP contribution in [0.25, 0.3) is 0 Å². The van der Waals surface area contributed by atoms with Gasteiger partial charge in [0, 0.05) is 24.9 Å². The number of amides is 1.